The van der Waals surface area contributed by atoms with Crippen molar-refractivity contribution in [3.05, 3.63) is 16.4 Å². The molecule has 2 atom stereocenters. The maximum absolute atomic E-state index is 12.3. The van der Waals surface area contributed by atoms with Gasteiger partial charge in [0.15, 0.2) is 0 Å². The summed E-state index contributed by atoms with van der Waals surface area (Å²) >= 11 is 3.19. The predicted octanol–water partition coefficient (Wildman–Crippen LogP) is 1.40. The van der Waals surface area contributed by atoms with E-state index in [4.69, 9.17) is 4.52 Å². The second kappa shape index (κ2) is 4.42. The third kappa shape index (κ3) is 1.99. The van der Waals surface area contributed by atoms with Gasteiger partial charge in [0.1, 0.15) is 4.60 Å². The van der Waals surface area contributed by atoms with E-state index in [0.29, 0.717) is 22.4 Å². The van der Waals surface area contributed by atoms with Crippen LogP contribution in [-0.4, -0.2) is 41.1 Å². The van der Waals surface area contributed by atoms with Crippen molar-refractivity contribution in [2.24, 2.45) is 0 Å². The number of aromatic nitrogens is 1. The fourth-order valence-corrected chi connectivity index (χ4v) is 3.10. The zero-order valence-corrected chi connectivity index (χ0v) is 10.9. The number of nitrogens with one attached hydrogen (secondary N) is 1. The summed E-state index contributed by atoms with van der Waals surface area (Å²) in [6, 6.07) is 2.41. The maximum Gasteiger partial charge on any atom is 0.292 e. The molecule has 0 aliphatic carbocycles. The van der Waals surface area contributed by atoms with Gasteiger partial charge in [-0.15, -0.1) is 0 Å². The van der Waals surface area contributed by atoms with Crippen LogP contribution in [0.1, 0.15) is 29.8 Å². The highest BCUT2D eigenvalue weighted by Crippen LogP contribution is 2.26. The largest absolute Gasteiger partial charge is 0.350 e. The van der Waals surface area contributed by atoms with Crippen LogP contribution in [0.2, 0.25) is 0 Å². The van der Waals surface area contributed by atoms with Gasteiger partial charge in [0, 0.05) is 24.7 Å². The first-order chi connectivity index (χ1) is 8.25. The molecule has 0 bridgehead atoms. The molecule has 0 radical (unpaired) electrons. The Bertz CT molecular complexity index is 434. The van der Waals surface area contributed by atoms with Crippen molar-refractivity contribution >= 4 is 21.8 Å². The monoisotopic (exact) mass is 299 g/mol. The Morgan fingerprint density at radius 1 is 1.59 bits per heavy atom. The first-order valence-electron chi connectivity index (χ1n) is 5.92. The minimum atomic E-state index is -0.0402. The summed E-state index contributed by atoms with van der Waals surface area (Å²) in [5.74, 6) is 0.283. The standard InChI is InChI=1S/C11H14BrN3O2/c12-10-6-9(17-14-10)11(16)15-5-1-2-7-8(15)3-4-13-7/h6-8,13H,1-5H2. The van der Waals surface area contributed by atoms with E-state index in [1.165, 1.54) is 0 Å². The van der Waals surface area contributed by atoms with E-state index in [-0.39, 0.29) is 5.91 Å². The van der Waals surface area contributed by atoms with Crippen LogP contribution in [0.5, 0.6) is 0 Å². The summed E-state index contributed by atoms with van der Waals surface area (Å²) in [4.78, 5) is 14.2. The number of hydrogen-bond donors (Lipinski definition) is 1. The number of halogens is 1. The van der Waals surface area contributed by atoms with E-state index in [1.54, 1.807) is 6.07 Å². The molecule has 5 nitrogen and oxygen atoms in total. The molecule has 2 aliphatic rings. The number of amides is 1. The van der Waals surface area contributed by atoms with E-state index in [2.05, 4.69) is 26.4 Å². The summed E-state index contributed by atoms with van der Waals surface area (Å²) in [7, 11) is 0. The molecule has 0 saturated carbocycles. The first kappa shape index (κ1) is 11.2. The topological polar surface area (TPSA) is 58.4 Å². The van der Waals surface area contributed by atoms with Gasteiger partial charge in [-0.1, -0.05) is 5.16 Å². The van der Waals surface area contributed by atoms with Crippen LogP contribution in [0, 0.1) is 0 Å². The average molecular weight is 300 g/mol. The molecule has 0 aromatic carbocycles. The average Bonchev–Trinajstić information content (AvgIpc) is 2.95. The molecule has 2 saturated heterocycles. The van der Waals surface area contributed by atoms with Gasteiger partial charge in [-0.3, -0.25) is 4.79 Å². The van der Waals surface area contributed by atoms with Gasteiger partial charge < -0.3 is 14.7 Å². The van der Waals surface area contributed by atoms with Crippen molar-refractivity contribution in [1.82, 2.24) is 15.4 Å². The van der Waals surface area contributed by atoms with Crippen molar-refractivity contribution in [2.75, 3.05) is 13.1 Å². The van der Waals surface area contributed by atoms with Gasteiger partial charge in [0.25, 0.3) is 5.91 Å². The highest BCUT2D eigenvalue weighted by atomic mass is 79.9. The van der Waals surface area contributed by atoms with Crippen molar-refractivity contribution in [3.8, 4) is 0 Å². The Morgan fingerprint density at radius 2 is 2.47 bits per heavy atom. The van der Waals surface area contributed by atoms with Crippen LogP contribution >= 0.6 is 15.9 Å². The third-order valence-corrected chi connectivity index (χ3v) is 3.95. The number of nitrogens with zero attached hydrogens (tertiary/aromatic N) is 2. The van der Waals surface area contributed by atoms with Crippen LogP contribution in [-0.2, 0) is 0 Å². The second-order valence-electron chi connectivity index (χ2n) is 4.57. The molecule has 3 rings (SSSR count). The van der Waals surface area contributed by atoms with Crippen LogP contribution in [0.3, 0.4) is 0 Å². The Morgan fingerprint density at radius 3 is 3.24 bits per heavy atom. The van der Waals surface area contributed by atoms with E-state index >= 15 is 0 Å². The molecule has 1 N–H and O–H groups in total. The summed E-state index contributed by atoms with van der Waals surface area (Å²) < 4.78 is 5.59. The van der Waals surface area contributed by atoms with Crippen molar-refractivity contribution in [2.45, 2.75) is 31.3 Å². The van der Waals surface area contributed by atoms with Crippen LogP contribution in [0.15, 0.2) is 15.2 Å². The van der Waals surface area contributed by atoms with E-state index in [9.17, 15) is 4.79 Å². The fraction of sp³-hybridized carbons (Fsp3) is 0.636. The van der Waals surface area contributed by atoms with Crippen LogP contribution in [0.25, 0.3) is 0 Å². The molecule has 1 aromatic rings. The van der Waals surface area contributed by atoms with Gasteiger partial charge in [-0.2, -0.15) is 0 Å². The highest BCUT2D eigenvalue weighted by Gasteiger charge is 2.38. The third-order valence-electron chi connectivity index (χ3n) is 3.58. The molecule has 17 heavy (non-hydrogen) atoms. The van der Waals surface area contributed by atoms with Crippen molar-refractivity contribution in [3.63, 3.8) is 0 Å². The lowest BCUT2D eigenvalue weighted by Crippen LogP contribution is -2.50. The van der Waals surface area contributed by atoms with Crippen LogP contribution in [0.4, 0.5) is 0 Å². The normalized spacial score (nSPS) is 28.2. The number of piperidine rings is 1. The van der Waals surface area contributed by atoms with Gasteiger partial charge in [-0.25, -0.2) is 0 Å². The minimum absolute atomic E-state index is 0.0402. The molecule has 6 heteroatoms. The number of fused-ring (bicyclic) bond motifs is 1. The number of carbonyl (C=O) groups excluding carboxylic acids is 1. The summed E-state index contributed by atoms with van der Waals surface area (Å²) in [6.45, 7) is 1.82. The highest BCUT2D eigenvalue weighted by molar-refractivity contribution is 9.10. The molecule has 0 spiro atoms. The first-order valence-corrected chi connectivity index (χ1v) is 6.71. The Kier molecular flexibility index (Phi) is 2.92. The lowest BCUT2D eigenvalue weighted by Gasteiger charge is -2.36. The molecular formula is C11H14BrN3O2. The molecular weight excluding hydrogens is 286 g/mol. The Labute approximate surface area is 108 Å². The summed E-state index contributed by atoms with van der Waals surface area (Å²) in [5, 5.41) is 7.15. The van der Waals surface area contributed by atoms with Gasteiger partial charge in [0.2, 0.25) is 5.76 Å². The number of rotatable bonds is 1. The second-order valence-corrected chi connectivity index (χ2v) is 5.38. The van der Waals surface area contributed by atoms with E-state index < -0.39 is 0 Å². The van der Waals surface area contributed by atoms with Crippen molar-refractivity contribution < 1.29 is 9.32 Å². The Balaban J connectivity index is 1.81. The molecule has 2 fully saturated rings. The SMILES string of the molecule is O=C(c1cc(Br)no1)N1CCCC2NCCC21. The van der Waals surface area contributed by atoms with Gasteiger partial charge in [-0.05, 0) is 41.7 Å². The van der Waals surface area contributed by atoms with Crippen molar-refractivity contribution in [1.29, 1.82) is 0 Å². The molecule has 1 aromatic heterocycles. The van der Waals surface area contributed by atoms with E-state index in [1.807, 2.05) is 4.90 Å². The molecule has 3 heterocycles. The lowest BCUT2D eigenvalue weighted by molar-refractivity contribution is 0.0558. The predicted molar refractivity (Wildman–Crippen MR) is 64.7 cm³/mol. The zero-order valence-electron chi connectivity index (χ0n) is 9.36. The zero-order chi connectivity index (χ0) is 11.8. The minimum Gasteiger partial charge on any atom is -0.350 e. The van der Waals surface area contributed by atoms with Crippen LogP contribution < -0.4 is 5.32 Å². The molecule has 2 aliphatic heterocycles. The number of hydrogen-bond acceptors (Lipinski definition) is 4. The maximum atomic E-state index is 12.3. The summed E-state index contributed by atoms with van der Waals surface area (Å²) in [6.07, 6.45) is 3.25. The quantitative estimate of drug-likeness (QED) is 0.852. The summed E-state index contributed by atoms with van der Waals surface area (Å²) in [5.41, 5.74) is 0. The van der Waals surface area contributed by atoms with Gasteiger partial charge in [0.05, 0.1) is 0 Å². The number of likely N-dealkylation sites (tertiary alicyclic amines) is 1. The smallest absolute Gasteiger partial charge is 0.292 e. The molecule has 92 valence electrons. The molecule has 1 amide bonds. The lowest BCUT2D eigenvalue weighted by atomic mass is 9.97. The fourth-order valence-electron chi connectivity index (χ4n) is 2.82. The molecule has 2 unspecified atom stereocenters. The van der Waals surface area contributed by atoms with Gasteiger partial charge >= 0.3 is 0 Å². The Hall–Kier alpha value is -0.880. The van der Waals surface area contributed by atoms with E-state index in [0.717, 1.165) is 32.4 Å². The number of carbonyl (C=O) groups is 1.